The molecule has 1 aliphatic rings. The molecule has 0 amide bonds. The van der Waals surface area contributed by atoms with Gasteiger partial charge < -0.3 is 4.98 Å². The standard InChI is InChI=1S/C11H14N4O2S/c16-18(17,11-5-7-13-14-11)15-8-2-4-10(15)9-3-1-6-12-9/h1,3,5-7,10,12H,2,4,8H2,(H,13,14). The molecule has 2 aromatic heterocycles. The smallest absolute Gasteiger partial charge is 0.260 e. The fourth-order valence-corrected chi connectivity index (χ4v) is 3.98. The molecule has 0 spiro atoms. The second-order valence-corrected chi connectivity index (χ2v) is 6.18. The highest BCUT2D eigenvalue weighted by Gasteiger charge is 2.37. The van der Waals surface area contributed by atoms with Crippen LogP contribution in [-0.4, -0.2) is 34.4 Å². The first-order valence-electron chi connectivity index (χ1n) is 5.84. The maximum absolute atomic E-state index is 12.4. The van der Waals surface area contributed by atoms with E-state index in [-0.39, 0.29) is 11.1 Å². The summed E-state index contributed by atoms with van der Waals surface area (Å²) in [7, 11) is -3.48. The summed E-state index contributed by atoms with van der Waals surface area (Å²) in [4.78, 5) is 3.09. The molecule has 1 fully saturated rings. The van der Waals surface area contributed by atoms with E-state index in [4.69, 9.17) is 0 Å². The lowest BCUT2D eigenvalue weighted by atomic mass is 10.2. The van der Waals surface area contributed by atoms with Crippen LogP contribution in [0.4, 0.5) is 0 Å². The van der Waals surface area contributed by atoms with Crippen LogP contribution in [0, 0.1) is 0 Å². The Hall–Kier alpha value is -1.60. The Kier molecular flexibility index (Phi) is 2.71. The second kappa shape index (κ2) is 4.25. The Labute approximate surface area is 105 Å². The van der Waals surface area contributed by atoms with Crippen molar-refractivity contribution < 1.29 is 8.42 Å². The molecule has 96 valence electrons. The summed E-state index contributed by atoms with van der Waals surface area (Å²) in [6, 6.07) is 5.19. The molecular formula is C11H14N4O2S. The molecule has 0 saturated carbocycles. The van der Waals surface area contributed by atoms with Crippen molar-refractivity contribution in [1.82, 2.24) is 19.5 Å². The van der Waals surface area contributed by atoms with Gasteiger partial charge >= 0.3 is 0 Å². The van der Waals surface area contributed by atoms with Crippen molar-refractivity contribution in [2.45, 2.75) is 23.9 Å². The number of nitrogens with zero attached hydrogens (tertiary/aromatic N) is 2. The van der Waals surface area contributed by atoms with Crippen molar-refractivity contribution in [3.8, 4) is 0 Å². The SMILES string of the molecule is O=S(=O)(c1ccn[nH]1)N1CCCC1c1ccc[nH]1. The molecule has 0 bridgehead atoms. The number of nitrogens with one attached hydrogen (secondary N) is 2. The summed E-state index contributed by atoms with van der Waals surface area (Å²) in [5.74, 6) is 0. The summed E-state index contributed by atoms with van der Waals surface area (Å²) < 4.78 is 26.4. The van der Waals surface area contributed by atoms with Gasteiger partial charge in [-0.05, 0) is 31.0 Å². The van der Waals surface area contributed by atoms with Crippen LogP contribution in [0.15, 0.2) is 35.6 Å². The van der Waals surface area contributed by atoms with Crippen LogP contribution >= 0.6 is 0 Å². The molecule has 0 aromatic carbocycles. The third-order valence-corrected chi connectivity index (χ3v) is 5.08. The van der Waals surface area contributed by atoms with Crippen LogP contribution in [0.3, 0.4) is 0 Å². The number of hydrogen-bond donors (Lipinski definition) is 2. The minimum absolute atomic E-state index is 0.103. The lowest BCUT2D eigenvalue weighted by Crippen LogP contribution is -2.31. The largest absolute Gasteiger partial charge is 0.364 e. The maximum Gasteiger partial charge on any atom is 0.260 e. The van der Waals surface area contributed by atoms with Crippen molar-refractivity contribution in [3.05, 3.63) is 36.3 Å². The quantitative estimate of drug-likeness (QED) is 0.877. The van der Waals surface area contributed by atoms with Gasteiger partial charge in [0.15, 0.2) is 5.03 Å². The molecule has 0 aliphatic carbocycles. The van der Waals surface area contributed by atoms with E-state index in [1.165, 1.54) is 16.6 Å². The predicted molar refractivity (Wildman–Crippen MR) is 65.2 cm³/mol. The van der Waals surface area contributed by atoms with Gasteiger partial charge in [-0.15, -0.1) is 0 Å². The number of rotatable bonds is 3. The third kappa shape index (κ3) is 1.75. The average Bonchev–Trinajstić information content (AvgIpc) is 3.11. The molecule has 2 aromatic rings. The van der Waals surface area contributed by atoms with Gasteiger partial charge in [-0.2, -0.15) is 9.40 Å². The van der Waals surface area contributed by atoms with Crippen LogP contribution in [-0.2, 0) is 10.0 Å². The number of sulfonamides is 1. The number of aromatic nitrogens is 3. The molecule has 1 aliphatic heterocycles. The minimum atomic E-state index is -3.48. The molecule has 3 rings (SSSR count). The lowest BCUT2D eigenvalue weighted by molar-refractivity contribution is 0.389. The van der Waals surface area contributed by atoms with Gasteiger partial charge in [0.25, 0.3) is 10.0 Å². The van der Waals surface area contributed by atoms with Crippen molar-refractivity contribution in [3.63, 3.8) is 0 Å². The van der Waals surface area contributed by atoms with Gasteiger partial charge in [0.2, 0.25) is 0 Å². The lowest BCUT2D eigenvalue weighted by Gasteiger charge is -2.22. The Morgan fingerprint density at radius 1 is 1.39 bits per heavy atom. The van der Waals surface area contributed by atoms with Gasteiger partial charge in [0, 0.05) is 18.4 Å². The van der Waals surface area contributed by atoms with Crippen molar-refractivity contribution in [2.24, 2.45) is 0 Å². The van der Waals surface area contributed by atoms with E-state index in [9.17, 15) is 8.42 Å². The zero-order valence-electron chi connectivity index (χ0n) is 9.70. The van der Waals surface area contributed by atoms with E-state index in [0.29, 0.717) is 6.54 Å². The molecule has 1 unspecified atom stereocenters. The molecular weight excluding hydrogens is 252 g/mol. The van der Waals surface area contributed by atoms with Gasteiger partial charge in [0.05, 0.1) is 12.2 Å². The number of hydrogen-bond acceptors (Lipinski definition) is 3. The van der Waals surface area contributed by atoms with Crippen molar-refractivity contribution in [2.75, 3.05) is 6.54 Å². The Morgan fingerprint density at radius 2 is 2.28 bits per heavy atom. The number of H-pyrrole nitrogens is 2. The van der Waals surface area contributed by atoms with Gasteiger partial charge in [-0.3, -0.25) is 5.10 Å². The van der Waals surface area contributed by atoms with Crippen LogP contribution in [0.1, 0.15) is 24.6 Å². The number of aromatic amines is 2. The molecule has 1 saturated heterocycles. The summed E-state index contributed by atoms with van der Waals surface area (Å²) >= 11 is 0. The molecule has 7 heteroatoms. The van der Waals surface area contributed by atoms with E-state index in [1.54, 1.807) is 0 Å². The Bertz CT molecular complexity index is 604. The van der Waals surface area contributed by atoms with E-state index in [1.807, 2.05) is 18.3 Å². The minimum Gasteiger partial charge on any atom is -0.364 e. The van der Waals surface area contributed by atoms with E-state index in [2.05, 4.69) is 15.2 Å². The summed E-state index contributed by atoms with van der Waals surface area (Å²) in [5, 5.41) is 6.39. The van der Waals surface area contributed by atoms with Crippen LogP contribution in [0.5, 0.6) is 0 Å². The van der Waals surface area contributed by atoms with E-state index < -0.39 is 10.0 Å². The highest BCUT2D eigenvalue weighted by molar-refractivity contribution is 7.89. The first-order valence-corrected chi connectivity index (χ1v) is 7.28. The second-order valence-electron chi connectivity index (χ2n) is 4.32. The van der Waals surface area contributed by atoms with Crippen LogP contribution < -0.4 is 0 Å². The molecule has 1 atom stereocenters. The highest BCUT2D eigenvalue weighted by atomic mass is 32.2. The van der Waals surface area contributed by atoms with Gasteiger partial charge in [0.1, 0.15) is 0 Å². The monoisotopic (exact) mass is 266 g/mol. The zero-order valence-corrected chi connectivity index (χ0v) is 10.5. The van der Waals surface area contributed by atoms with Gasteiger partial charge in [-0.1, -0.05) is 0 Å². The highest BCUT2D eigenvalue weighted by Crippen LogP contribution is 2.35. The molecule has 18 heavy (non-hydrogen) atoms. The molecule has 6 nitrogen and oxygen atoms in total. The third-order valence-electron chi connectivity index (χ3n) is 3.25. The summed E-state index contributed by atoms with van der Waals surface area (Å²) in [5.41, 5.74) is 0.940. The van der Waals surface area contributed by atoms with Crippen LogP contribution in [0.25, 0.3) is 0 Å². The topological polar surface area (TPSA) is 81.8 Å². The predicted octanol–water partition coefficient (Wildman–Crippen LogP) is 1.26. The van der Waals surface area contributed by atoms with Gasteiger partial charge in [-0.25, -0.2) is 8.42 Å². The van der Waals surface area contributed by atoms with Crippen molar-refractivity contribution >= 4 is 10.0 Å². The zero-order chi connectivity index (χ0) is 12.6. The summed E-state index contributed by atoms with van der Waals surface area (Å²) in [6.45, 7) is 0.547. The first kappa shape index (κ1) is 11.5. The Balaban J connectivity index is 1.97. The van der Waals surface area contributed by atoms with E-state index in [0.717, 1.165) is 18.5 Å². The maximum atomic E-state index is 12.4. The van der Waals surface area contributed by atoms with Crippen LogP contribution in [0.2, 0.25) is 0 Å². The fraction of sp³-hybridized carbons (Fsp3) is 0.364. The summed E-state index contributed by atoms with van der Waals surface area (Å²) in [6.07, 6.45) is 4.98. The molecule has 2 N–H and O–H groups in total. The fourth-order valence-electron chi connectivity index (χ4n) is 2.40. The molecule has 0 radical (unpaired) electrons. The van der Waals surface area contributed by atoms with E-state index >= 15 is 0 Å². The normalized spacial score (nSPS) is 21.4. The average molecular weight is 266 g/mol. The molecule has 3 heterocycles. The Morgan fingerprint density at radius 3 is 2.94 bits per heavy atom. The first-order chi connectivity index (χ1) is 8.69. The van der Waals surface area contributed by atoms with Crippen molar-refractivity contribution in [1.29, 1.82) is 0 Å².